The summed E-state index contributed by atoms with van der Waals surface area (Å²) in [4.78, 5) is 16.5. The lowest BCUT2D eigenvalue weighted by Crippen LogP contribution is -2.39. The molecule has 0 aliphatic heterocycles. The van der Waals surface area contributed by atoms with Crippen LogP contribution in [-0.4, -0.2) is 16.7 Å². The molecule has 116 valence electrons. The number of amides is 1. The number of hydrogen-bond donors (Lipinski definition) is 1. The summed E-state index contributed by atoms with van der Waals surface area (Å²) in [5, 5.41) is 4.46. The molecule has 0 saturated heterocycles. The number of benzene rings is 1. The van der Waals surface area contributed by atoms with Crippen LogP contribution < -0.4 is 5.32 Å². The van der Waals surface area contributed by atoms with Gasteiger partial charge in [0.25, 0.3) is 0 Å². The van der Waals surface area contributed by atoms with Gasteiger partial charge in [0.1, 0.15) is 10.8 Å². The fraction of sp³-hybridized carbons (Fsp3) is 0.412. The van der Waals surface area contributed by atoms with Crippen LogP contribution >= 0.6 is 11.6 Å². The second-order valence-electron chi connectivity index (χ2n) is 6.72. The van der Waals surface area contributed by atoms with E-state index in [9.17, 15) is 4.79 Å². The molecule has 22 heavy (non-hydrogen) atoms. The number of alkyl carbamates (subject to hydrolysis) is 1. The van der Waals surface area contributed by atoms with Crippen molar-refractivity contribution in [2.75, 3.05) is 0 Å². The third-order valence-electron chi connectivity index (χ3n) is 3.69. The van der Waals surface area contributed by atoms with Gasteiger partial charge in [0.15, 0.2) is 0 Å². The average molecular weight is 319 g/mol. The average Bonchev–Trinajstić information content (AvgIpc) is 3.16. The van der Waals surface area contributed by atoms with Crippen LogP contribution in [0.25, 0.3) is 10.9 Å². The van der Waals surface area contributed by atoms with Crippen LogP contribution in [0, 0.1) is 0 Å². The van der Waals surface area contributed by atoms with E-state index >= 15 is 0 Å². The summed E-state index contributed by atoms with van der Waals surface area (Å²) < 4.78 is 5.38. The third-order valence-corrected chi connectivity index (χ3v) is 3.88. The highest BCUT2D eigenvalue weighted by Gasteiger charge is 2.47. The van der Waals surface area contributed by atoms with Gasteiger partial charge in [-0.3, -0.25) is 0 Å². The maximum atomic E-state index is 12.1. The van der Waals surface area contributed by atoms with Crippen LogP contribution in [0.1, 0.15) is 39.2 Å². The fourth-order valence-corrected chi connectivity index (χ4v) is 2.82. The summed E-state index contributed by atoms with van der Waals surface area (Å²) in [6.07, 6.45) is 1.34. The number of fused-ring (bicyclic) bond motifs is 1. The molecule has 0 radical (unpaired) electrons. The Hall–Kier alpha value is -1.81. The summed E-state index contributed by atoms with van der Waals surface area (Å²) in [6, 6.07) is 9.66. The van der Waals surface area contributed by atoms with E-state index in [1.54, 1.807) is 0 Å². The van der Waals surface area contributed by atoms with Gasteiger partial charge in [-0.2, -0.15) is 0 Å². The van der Waals surface area contributed by atoms with Crippen molar-refractivity contribution in [3.63, 3.8) is 0 Å². The second kappa shape index (κ2) is 5.13. The second-order valence-corrected chi connectivity index (χ2v) is 7.11. The first-order chi connectivity index (χ1) is 10.3. The first-order valence-corrected chi connectivity index (χ1v) is 7.74. The van der Waals surface area contributed by atoms with E-state index in [1.807, 2.05) is 51.1 Å². The zero-order valence-electron chi connectivity index (χ0n) is 12.9. The zero-order valence-corrected chi connectivity index (χ0v) is 13.7. The maximum Gasteiger partial charge on any atom is 0.408 e. The molecule has 0 spiro atoms. The molecule has 0 unspecified atom stereocenters. The molecule has 1 fully saturated rings. The zero-order chi connectivity index (χ0) is 16.0. The van der Waals surface area contributed by atoms with Crippen LogP contribution in [0.2, 0.25) is 5.15 Å². The number of rotatable bonds is 2. The molecular formula is C17H19ClN2O2. The highest BCUT2D eigenvalue weighted by molar-refractivity contribution is 6.30. The Morgan fingerprint density at radius 3 is 2.64 bits per heavy atom. The Balaban J connectivity index is 1.95. The van der Waals surface area contributed by atoms with Gasteiger partial charge in [-0.05, 0) is 51.3 Å². The molecule has 0 bridgehead atoms. The van der Waals surface area contributed by atoms with E-state index in [4.69, 9.17) is 16.3 Å². The molecule has 1 aromatic heterocycles. The van der Waals surface area contributed by atoms with Gasteiger partial charge in [-0.25, -0.2) is 9.78 Å². The van der Waals surface area contributed by atoms with Gasteiger partial charge in [0.05, 0.1) is 11.1 Å². The van der Waals surface area contributed by atoms with Crippen LogP contribution in [0.5, 0.6) is 0 Å². The van der Waals surface area contributed by atoms with Crippen molar-refractivity contribution in [3.05, 3.63) is 41.0 Å². The van der Waals surface area contributed by atoms with Crippen molar-refractivity contribution in [1.29, 1.82) is 0 Å². The topological polar surface area (TPSA) is 51.2 Å². The van der Waals surface area contributed by atoms with Gasteiger partial charge >= 0.3 is 6.09 Å². The quantitative estimate of drug-likeness (QED) is 0.835. The van der Waals surface area contributed by atoms with Gasteiger partial charge < -0.3 is 10.1 Å². The Morgan fingerprint density at radius 1 is 1.32 bits per heavy atom. The lowest BCUT2D eigenvalue weighted by molar-refractivity contribution is 0.0495. The van der Waals surface area contributed by atoms with Crippen molar-refractivity contribution in [2.24, 2.45) is 0 Å². The number of hydrogen-bond acceptors (Lipinski definition) is 3. The summed E-state index contributed by atoms with van der Waals surface area (Å²) in [5.41, 5.74) is 0.934. The predicted molar refractivity (Wildman–Crippen MR) is 87.0 cm³/mol. The number of halogens is 1. The van der Waals surface area contributed by atoms with Gasteiger partial charge in [-0.1, -0.05) is 29.8 Å². The number of carbonyl (C=O) groups is 1. The van der Waals surface area contributed by atoms with E-state index in [0.717, 1.165) is 29.3 Å². The Bertz CT molecular complexity index is 733. The smallest absolute Gasteiger partial charge is 0.408 e. The molecule has 1 aliphatic carbocycles. The first-order valence-electron chi connectivity index (χ1n) is 7.36. The largest absolute Gasteiger partial charge is 0.444 e. The van der Waals surface area contributed by atoms with E-state index in [2.05, 4.69) is 10.3 Å². The number of carbonyl (C=O) groups excluding carboxylic acids is 1. The van der Waals surface area contributed by atoms with Gasteiger partial charge in [-0.15, -0.1) is 0 Å². The minimum absolute atomic E-state index is 0.394. The molecular weight excluding hydrogens is 300 g/mol. The fourth-order valence-electron chi connectivity index (χ4n) is 2.62. The number of pyridine rings is 1. The van der Waals surface area contributed by atoms with Gasteiger partial charge in [0.2, 0.25) is 0 Å². The monoisotopic (exact) mass is 318 g/mol. The van der Waals surface area contributed by atoms with Crippen molar-refractivity contribution >= 4 is 28.6 Å². The van der Waals surface area contributed by atoms with Gasteiger partial charge in [0, 0.05) is 5.39 Å². The predicted octanol–water partition coefficient (Wildman–Crippen LogP) is 4.40. The molecule has 4 nitrogen and oxygen atoms in total. The number of nitrogens with one attached hydrogen (secondary N) is 1. The molecule has 1 amide bonds. The summed E-state index contributed by atoms with van der Waals surface area (Å²) >= 11 is 6.15. The van der Waals surface area contributed by atoms with Crippen LogP contribution in [0.4, 0.5) is 4.79 Å². The number of ether oxygens (including phenoxy) is 1. The van der Waals surface area contributed by atoms with Crippen LogP contribution in [0.15, 0.2) is 30.3 Å². The Labute approximate surface area is 134 Å². The van der Waals surface area contributed by atoms with E-state index < -0.39 is 17.2 Å². The lowest BCUT2D eigenvalue weighted by atomic mass is 10.0. The molecule has 1 aliphatic rings. The minimum Gasteiger partial charge on any atom is -0.444 e. The number of nitrogens with zero attached hydrogens (tertiary/aromatic N) is 1. The molecule has 0 atom stereocenters. The first kappa shape index (κ1) is 15.1. The molecule has 5 heteroatoms. The Kier molecular flexibility index (Phi) is 3.52. The normalized spacial score (nSPS) is 16.4. The molecule has 1 N–H and O–H groups in total. The molecule has 3 rings (SSSR count). The third kappa shape index (κ3) is 3.02. The molecule has 2 aromatic rings. The standard InChI is InChI=1S/C17H19ClN2O2/c1-16(2,3)22-15(21)20-17(8-9-17)12-10-14(18)19-13-7-5-4-6-11(12)13/h4-7,10H,8-9H2,1-3H3,(H,20,21). The van der Waals surface area contributed by atoms with Crippen LogP contribution in [-0.2, 0) is 10.3 Å². The minimum atomic E-state index is -0.516. The number of para-hydroxylation sites is 1. The highest BCUT2D eigenvalue weighted by atomic mass is 35.5. The van der Waals surface area contributed by atoms with E-state index in [1.165, 1.54) is 0 Å². The SMILES string of the molecule is CC(C)(C)OC(=O)NC1(c2cc(Cl)nc3ccccc23)CC1. The van der Waals surface area contributed by atoms with Crippen molar-refractivity contribution in [1.82, 2.24) is 10.3 Å². The summed E-state index contributed by atoms with van der Waals surface area (Å²) in [6.45, 7) is 5.56. The summed E-state index contributed by atoms with van der Waals surface area (Å²) in [7, 11) is 0. The number of aromatic nitrogens is 1. The van der Waals surface area contributed by atoms with Crippen molar-refractivity contribution < 1.29 is 9.53 Å². The van der Waals surface area contributed by atoms with E-state index in [0.29, 0.717) is 5.15 Å². The van der Waals surface area contributed by atoms with E-state index in [-0.39, 0.29) is 0 Å². The summed E-state index contributed by atoms with van der Waals surface area (Å²) in [5.74, 6) is 0. The highest BCUT2D eigenvalue weighted by Crippen LogP contribution is 2.48. The van der Waals surface area contributed by atoms with Crippen LogP contribution in [0.3, 0.4) is 0 Å². The maximum absolute atomic E-state index is 12.1. The van der Waals surface area contributed by atoms with Crippen molar-refractivity contribution in [2.45, 2.75) is 44.8 Å². The molecule has 1 saturated carbocycles. The lowest BCUT2D eigenvalue weighted by Gasteiger charge is -2.24. The van der Waals surface area contributed by atoms with Crippen molar-refractivity contribution in [3.8, 4) is 0 Å². The Morgan fingerprint density at radius 2 is 2.00 bits per heavy atom. The molecule has 1 aromatic carbocycles. The molecule has 1 heterocycles.